The van der Waals surface area contributed by atoms with Crippen LogP contribution in [0.25, 0.3) is 21.9 Å². The third-order valence-corrected chi connectivity index (χ3v) is 5.64. The first-order valence-electron chi connectivity index (χ1n) is 9.64. The van der Waals surface area contributed by atoms with E-state index in [9.17, 15) is 10.2 Å². The number of aliphatic imine (C=N–C) groups is 1. The predicted octanol–water partition coefficient (Wildman–Crippen LogP) is 5.00. The highest BCUT2D eigenvalue weighted by Crippen LogP contribution is 2.48. The third-order valence-electron chi connectivity index (χ3n) is 5.64. The lowest BCUT2D eigenvalue weighted by Gasteiger charge is -2.26. The Hall–Kier alpha value is -3.21. The van der Waals surface area contributed by atoms with Crippen molar-refractivity contribution in [1.29, 1.82) is 0 Å². The molecule has 0 fully saturated rings. The van der Waals surface area contributed by atoms with Gasteiger partial charge in [0.15, 0.2) is 0 Å². The summed E-state index contributed by atoms with van der Waals surface area (Å²) in [4.78, 5) is 4.72. The monoisotopic (exact) mass is 391 g/mol. The number of benzene rings is 3. The van der Waals surface area contributed by atoms with E-state index in [-0.39, 0.29) is 17.5 Å². The Labute approximate surface area is 170 Å². The number of nitrogens with zero attached hydrogens (tertiary/aromatic N) is 1. The van der Waals surface area contributed by atoms with Gasteiger partial charge >= 0.3 is 0 Å². The van der Waals surface area contributed by atoms with Gasteiger partial charge in [0.2, 0.25) is 0 Å². The minimum absolute atomic E-state index is 0.103. The SMILES string of the molecule is COc1cc(O)c(-c2c(C)cc(OC)c3c(O)cccc23)c2c1C(C)=N[C@@H](C)C2. The van der Waals surface area contributed by atoms with Crippen molar-refractivity contribution in [1.82, 2.24) is 0 Å². The van der Waals surface area contributed by atoms with Crippen LogP contribution in [0.1, 0.15) is 30.5 Å². The molecular formula is C24H25NO4. The van der Waals surface area contributed by atoms with E-state index in [1.807, 2.05) is 32.0 Å². The smallest absolute Gasteiger partial charge is 0.131 e. The molecule has 0 bridgehead atoms. The quantitative estimate of drug-likeness (QED) is 0.659. The Kier molecular flexibility index (Phi) is 4.61. The molecule has 3 aromatic carbocycles. The van der Waals surface area contributed by atoms with E-state index in [0.29, 0.717) is 23.3 Å². The molecule has 1 aliphatic heterocycles. The molecule has 0 saturated carbocycles. The Balaban J connectivity index is 2.17. The minimum atomic E-state index is 0.103. The van der Waals surface area contributed by atoms with Gasteiger partial charge in [-0.05, 0) is 61.4 Å². The topological polar surface area (TPSA) is 71.3 Å². The van der Waals surface area contributed by atoms with E-state index in [1.54, 1.807) is 26.4 Å². The first kappa shape index (κ1) is 19.1. The van der Waals surface area contributed by atoms with Gasteiger partial charge in [-0.3, -0.25) is 4.99 Å². The number of rotatable bonds is 3. The third kappa shape index (κ3) is 2.89. The van der Waals surface area contributed by atoms with Crippen LogP contribution in [-0.4, -0.2) is 36.2 Å². The van der Waals surface area contributed by atoms with Crippen molar-refractivity contribution in [2.45, 2.75) is 33.2 Å². The molecule has 0 amide bonds. The van der Waals surface area contributed by atoms with Crippen LogP contribution < -0.4 is 9.47 Å². The average Bonchev–Trinajstić information content (AvgIpc) is 2.67. The molecule has 0 aromatic heterocycles. The van der Waals surface area contributed by atoms with Crippen LogP contribution in [-0.2, 0) is 6.42 Å². The van der Waals surface area contributed by atoms with Crippen molar-refractivity contribution in [3.05, 3.63) is 47.0 Å². The van der Waals surface area contributed by atoms with Crippen LogP contribution in [0.3, 0.4) is 0 Å². The van der Waals surface area contributed by atoms with Gasteiger partial charge in [0, 0.05) is 22.9 Å². The highest BCUT2D eigenvalue weighted by Gasteiger charge is 2.28. The first-order chi connectivity index (χ1) is 13.9. The number of phenolic OH excluding ortho intramolecular Hbond substituents is 2. The molecule has 29 heavy (non-hydrogen) atoms. The van der Waals surface area contributed by atoms with Crippen LogP contribution in [0.4, 0.5) is 0 Å². The van der Waals surface area contributed by atoms with Gasteiger partial charge in [0.25, 0.3) is 0 Å². The van der Waals surface area contributed by atoms with Crippen LogP contribution in [0, 0.1) is 6.92 Å². The van der Waals surface area contributed by atoms with Gasteiger partial charge in [-0.25, -0.2) is 0 Å². The van der Waals surface area contributed by atoms with E-state index in [2.05, 4.69) is 6.92 Å². The number of methoxy groups -OCH3 is 2. The first-order valence-corrected chi connectivity index (χ1v) is 9.64. The summed E-state index contributed by atoms with van der Waals surface area (Å²) in [5.41, 5.74) is 5.44. The molecule has 1 atom stereocenters. The zero-order valence-electron chi connectivity index (χ0n) is 17.3. The fourth-order valence-corrected chi connectivity index (χ4v) is 4.53. The summed E-state index contributed by atoms with van der Waals surface area (Å²) in [6.07, 6.45) is 0.693. The van der Waals surface area contributed by atoms with Crippen molar-refractivity contribution in [2.24, 2.45) is 4.99 Å². The molecule has 150 valence electrons. The number of fused-ring (bicyclic) bond motifs is 2. The summed E-state index contributed by atoms with van der Waals surface area (Å²) < 4.78 is 11.1. The lowest BCUT2D eigenvalue weighted by Crippen LogP contribution is -2.19. The molecule has 3 aromatic rings. The summed E-state index contributed by atoms with van der Waals surface area (Å²) in [7, 11) is 3.20. The van der Waals surface area contributed by atoms with Gasteiger partial charge in [0.05, 0.1) is 25.6 Å². The molecule has 0 spiro atoms. The van der Waals surface area contributed by atoms with Crippen molar-refractivity contribution < 1.29 is 19.7 Å². The van der Waals surface area contributed by atoms with Gasteiger partial charge in [0.1, 0.15) is 23.0 Å². The van der Waals surface area contributed by atoms with Crippen molar-refractivity contribution >= 4 is 16.5 Å². The van der Waals surface area contributed by atoms with Gasteiger partial charge in [-0.15, -0.1) is 0 Å². The van der Waals surface area contributed by atoms with E-state index in [0.717, 1.165) is 38.9 Å². The lowest BCUT2D eigenvalue weighted by atomic mass is 9.83. The summed E-state index contributed by atoms with van der Waals surface area (Å²) in [5, 5.41) is 23.1. The highest BCUT2D eigenvalue weighted by molar-refractivity contribution is 6.10. The molecule has 1 heterocycles. The Morgan fingerprint density at radius 1 is 0.931 bits per heavy atom. The number of hydrogen-bond acceptors (Lipinski definition) is 5. The van der Waals surface area contributed by atoms with Crippen LogP contribution in [0.2, 0.25) is 0 Å². The summed E-state index contributed by atoms with van der Waals surface area (Å²) in [6.45, 7) is 6.03. The standard InChI is InChI=1S/C24H25NO4/c1-12-9-19(28-4)23-15(7-6-8-17(23)26)21(12)24-16-10-13(2)25-14(3)22(16)20(29-5)11-18(24)27/h6-9,11,13,26-27H,10H2,1-5H3/t13-/m0/s1. The predicted molar refractivity (Wildman–Crippen MR) is 116 cm³/mol. The second-order valence-electron chi connectivity index (χ2n) is 7.56. The molecule has 1 aliphatic rings. The summed E-state index contributed by atoms with van der Waals surface area (Å²) in [6, 6.07) is 9.06. The second-order valence-corrected chi connectivity index (χ2v) is 7.56. The molecule has 0 unspecified atom stereocenters. The number of aryl methyl sites for hydroxylation is 1. The maximum absolute atomic E-state index is 11.1. The molecule has 4 rings (SSSR count). The van der Waals surface area contributed by atoms with Crippen LogP contribution in [0.15, 0.2) is 35.3 Å². The summed E-state index contributed by atoms with van der Waals surface area (Å²) >= 11 is 0. The number of phenols is 2. The van der Waals surface area contributed by atoms with Crippen molar-refractivity contribution in [3.8, 4) is 34.1 Å². The normalized spacial score (nSPS) is 15.8. The Bertz CT molecular complexity index is 1160. The molecule has 2 N–H and O–H groups in total. The van der Waals surface area contributed by atoms with Crippen molar-refractivity contribution in [2.75, 3.05) is 14.2 Å². The van der Waals surface area contributed by atoms with E-state index in [4.69, 9.17) is 14.5 Å². The number of aromatic hydroxyl groups is 2. The minimum Gasteiger partial charge on any atom is -0.507 e. The Morgan fingerprint density at radius 3 is 2.34 bits per heavy atom. The van der Waals surface area contributed by atoms with E-state index >= 15 is 0 Å². The molecular weight excluding hydrogens is 366 g/mol. The largest absolute Gasteiger partial charge is 0.507 e. The summed E-state index contributed by atoms with van der Waals surface area (Å²) in [5.74, 6) is 1.52. The fraction of sp³-hybridized carbons (Fsp3) is 0.292. The molecule has 0 radical (unpaired) electrons. The average molecular weight is 391 g/mol. The van der Waals surface area contributed by atoms with Crippen LogP contribution in [0.5, 0.6) is 23.0 Å². The zero-order valence-corrected chi connectivity index (χ0v) is 17.3. The van der Waals surface area contributed by atoms with Crippen molar-refractivity contribution in [3.63, 3.8) is 0 Å². The van der Waals surface area contributed by atoms with E-state index in [1.165, 1.54) is 0 Å². The van der Waals surface area contributed by atoms with Crippen LogP contribution >= 0.6 is 0 Å². The van der Waals surface area contributed by atoms with Gasteiger partial charge in [-0.1, -0.05) is 12.1 Å². The fourth-order valence-electron chi connectivity index (χ4n) is 4.53. The molecule has 0 saturated heterocycles. The maximum Gasteiger partial charge on any atom is 0.131 e. The zero-order chi connectivity index (χ0) is 20.9. The molecule has 5 heteroatoms. The second kappa shape index (κ2) is 6.99. The lowest BCUT2D eigenvalue weighted by molar-refractivity contribution is 0.405. The molecule has 0 aliphatic carbocycles. The number of ether oxygens (including phenoxy) is 2. The Morgan fingerprint density at radius 2 is 1.66 bits per heavy atom. The molecule has 5 nitrogen and oxygen atoms in total. The van der Waals surface area contributed by atoms with Gasteiger partial charge in [-0.2, -0.15) is 0 Å². The van der Waals surface area contributed by atoms with Gasteiger partial charge < -0.3 is 19.7 Å². The highest BCUT2D eigenvalue weighted by atomic mass is 16.5. The van der Waals surface area contributed by atoms with E-state index < -0.39 is 0 Å². The number of hydrogen-bond donors (Lipinski definition) is 2. The maximum atomic E-state index is 11.1.